The van der Waals surface area contributed by atoms with Crippen LogP contribution in [0.25, 0.3) is 0 Å². The predicted octanol–water partition coefficient (Wildman–Crippen LogP) is 10.9. The first-order valence-electron chi connectivity index (χ1n) is 19.1. The van der Waals surface area contributed by atoms with Gasteiger partial charge in [-0.05, 0) is 51.4 Å². The maximum absolute atomic E-state index is 12.5. The Balaban J connectivity index is 4.04. The van der Waals surface area contributed by atoms with Crippen molar-refractivity contribution in [2.24, 2.45) is 5.73 Å². The van der Waals surface area contributed by atoms with E-state index in [1.807, 2.05) is 0 Å². The van der Waals surface area contributed by atoms with Crippen molar-refractivity contribution < 1.29 is 32.8 Å². The zero-order valence-corrected chi connectivity index (χ0v) is 31.6. The molecule has 8 nitrogen and oxygen atoms in total. The van der Waals surface area contributed by atoms with Crippen molar-refractivity contribution in [1.82, 2.24) is 0 Å². The molecule has 0 aromatic rings. The monoisotopic (exact) mass is 698 g/mol. The fraction of sp³-hybridized carbons (Fsp3) is 0.769. The lowest BCUT2D eigenvalue weighted by atomic mass is 10.1. The Morgan fingerprint density at radius 2 is 1.17 bits per heavy atom. The van der Waals surface area contributed by atoms with Crippen LogP contribution in [0.5, 0.6) is 0 Å². The standard InChI is InChI=1S/C39H72NO7P/c1-3-5-7-9-11-13-14-15-16-17-18-19-20-21-22-23-25-27-29-31-34-44-36-38(37-46-48(42,43)45-35-33-40)47-39(41)32-30-28-26-24-12-10-8-6-4-2/h5,7,11,13,15-16,18-19,38H,3-4,6,8-10,12,14,17,20-37,40H2,1-2H3,(H,42,43)/b7-5-,13-11-,16-15-,19-18-. The van der Waals surface area contributed by atoms with E-state index in [4.69, 9.17) is 24.3 Å². The van der Waals surface area contributed by atoms with Crippen molar-refractivity contribution in [2.45, 2.75) is 161 Å². The largest absolute Gasteiger partial charge is 0.472 e. The molecule has 0 rings (SSSR count). The molecule has 0 fully saturated rings. The number of carbonyl (C=O) groups is 1. The van der Waals surface area contributed by atoms with Crippen LogP contribution in [-0.4, -0.2) is 49.9 Å². The fourth-order valence-electron chi connectivity index (χ4n) is 4.99. The molecule has 0 saturated heterocycles. The minimum absolute atomic E-state index is 0.0974. The SMILES string of the molecule is CC/C=C\C/C=C\C/C=C\C/C=C\CCCCCCCCCOCC(COP(=O)(O)OCCN)OC(=O)CCCCCCCCCCC. The molecule has 0 aliphatic carbocycles. The molecule has 48 heavy (non-hydrogen) atoms. The Morgan fingerprint density at radius 3 is 1.75 bits per heavy atom. The number of hydrogen-bond donors (Lipinski definition) is 2. The van der Waals surface area contributed by atoms with Gasteiger partial charge in [-0.15, -0.1) is 0 Å². The molecule has 0 saturated carbocycles. The summed E-state index contributed by atoms with van der Waals surface area (Å²) in [7, 11) is -4.27. The smallest absolute Gasteiger partial charge is 0.457 e. The lowest BCUT2D eigenvalue weighted by molar-refractivity contribution is -0.154. The van der Waals surface area contributed by atoms with Gasteiger partial charge < -0.3 is 20.1 Å². The molecule has 2 atom stereocenters. The summed E-state index contributed by atoms with van der Waals surface area (Å²) in [4.78, 5) is 22.3. The lowest BCUT2D eigenvalue weighted by Crippen LogP contribution is -2.28. The first-order valence-corrected chi connectivity index (χ1v) is 20.6. The van der Waals surface area contributed by atoms with E-state index in [0.29, 0.717) is 13.0 Å². The molecule has 0 spiro atoms. The zero-order valence-electron chi connectivity index (χ0n) is 30.7. The van der Waals surface area contributed by atoms with Crippen LogP contribution in [0.1, 0.15) is 155 Å². The first kappa shape index (κ1) is 46.5. The van der Waals surface area contributed by atoms with E-state index in [1.165, 1.54) is 70.6 Å². The van der Waals surface area contributed by atoms with Crippen LogP contribution < -0.4 is 5.73 Å². The number of phosphoric acid groups is 1. The summed E-state index contributed by atoms with van der Waals surface area (Å²) < 4.78 is 33.2. The van der Waals surface area contributed by atoms with Crippen LogP contribution >= 0.6 is 7.82 Å². The van der Waals surface area contributed by atoms with E-state index in [9.17, 15) is 14.3 Å². The van der Waals surface area contributed by atoms with Crippen LogP contribution in [0, 0.1) is 0 Å². The third kappa shape index (κ3) is 35.8. The van der Waals surface area contributed by atoms with Gasteiger partial charge in [0, 0.05) is 19.6 Å². The van der Waals surface area contributed by atoms with Gasteiger partial charge in [-0.2, -0.15) is 0 Å². The maximum atomic E-state index is 12.5. The van der Waals surface area contributed by atoms with Gasteiger partial charge in [0.25, 0.3) is 0 Å². The van der Waals surface area contributed by atoms with Gasteiger partial charge in [0.05, 0.1) is 19.8 Å². The number of ether oxygens (including phenoxy) is 2. The Bertz CT molecular complexity index is 874. The van der Waals surface area contributed by atoms with Crippen LogP contribution in [-0.2, 0) is 27.9 Å². The Hall–Kier alpha value is -1.54. The Kier molecular flexibility index (Phi) is 35.6. The molecule has 0 bridgehead atoms. The minimum atomic E-state index is -4.27. The molecule has 3 N–H and O–H groups in total. The quantitative estimate of drug-likeness (QED) is 0.0287. The normalized spacial score (nSPS) is 14.2. The number of phosphoric ester groups is 1. The molecule has 0 aliphatic rings. The Labute approximate surface area is 294 Å². The molecule has 280 valence electrons. The second kappa shape index (κ2) is 36.7. The van der Waals surface area contributed by atoms with Gasteiger partial charge >= 0.3 is 13.8 Å². The van der Waals surface area contributed by atoms with Crippen LogP contribution in [0.4, 0.5) is 0 Å². The molecule has 0 aliphatic heterocycles. The summed E-state index contributed by atoms with van der Waals surface area (Å²) in [6.07, 6.45) is 41.3. The van der Waals surface area contributed by atoms with Crippen molar-refractivity contribution >= 4 is 13.8 Å². The highest BCUT2D eigenvalue weighted by molar-refractivity contribution is 7.47. The summed E-state index contributed by atoms with van der Waals surface area (Å²) in [6, 6.07) is 0. The van der Waals surface area contributed by atoms with Crippen LogP contribution in [0.3, 0.4) is 0 Å². The average molecular weight is 698 g/mol. The number of carbonyl (C=O) groups excluding carboxylic acids is 1. The van der Waals surface area contributed by atoms with Crippen LogP contribution in [0.2, 0.25) is 0 Å². The molecule has 0 heterocycles. The van der Waals surface area contributed by atoms with Crippen molar-refractivity contribution in [3.05, 3.63) is 48.6 Å². The number of nitrogens with two attached hydrogens (primary N) is 1. The van der Waals surface area contributed by atoms with Gasteiger partial charge in [-0.1, -0.05) is 146 Å². The van der Waals surface area contributed by atoms with E-state index in [2.05, 4.69) is 62.5 Å². The fourth-order valence-corrected chi connectivity index (χ4v) is 5.75. The summed E-state index contributed by atoms with van der Waals surface area (Å²) in [5.41, 5.74) is 5.34. The Morgan fingerprint density at radius 1 is 0.646 bits per heavy atom. The van der Waals surface area contributed by atoms with Gasteiger partial charge in [0.1, 0.15) is 6.10 Å². The highest BCUT2D eigenvalue weighted by Gasteiger charge is 2.25. The number of esters is 1. The predicted molar refractivity (Wildman–Crippen MR) is 201 cm³/mol. The highest BCUT2D eigenvalue weighted by atomic mass is 31.2. The van der Waals surface area contributed by atoms with Crippen LogP contribution in [0.15, 0.2) is 48.6 Å². The van der Waals surface area contributed by atoms with Crippen molar-refractivity contribution in [3.8, 4) is 0 Å². The summed E-state index contributed by atoms with van der Waals surface area (Å²) in [6.45, 7) is 4.75. The lowest BCUT2D eigenvalue weighted by Gasteiger charge is -2.20. The molecule has 0 aromatic heterocycles. The third-order valence-corrected chi connectivity index (χ3v) is 8.74. The summed E-state index contributed by atoms with van der Waals surface area (Å²) in [5.74, 6) is -0.340. The molecule has 2 unspecified atom stereocenters. The summed E-state index contributed by atoms with van der Waals surface area (Å²) in [5, 5.41) is 0. The van der Waals surface area contributed by atoms with Crippen molar-refractivity contribution in [2.75, 3.05) is 33.0 Å². The second-order valence-electron chi connectivity index (χ2n) is 12.4. The average Bonchev–Trinajstić information content (AvgIpc) is 3.07. The number of allylic oxidation sites excluding steroid dienone is 8. The summed E-state index contributed by atoms with van der Waals surface area (Å²) >= 11 is 0. The third-order valence-electron chi connectivity index (χ3n) is 7.76. The molecular weight excluding hydrogens is 625 g/mol. The molecule has 0 amide bonds. The minimum Gasteiger partial charge on any atom is -0.457 e. The zero-order chi connectivity index (χ0) is 35.2. The molecular formula is C39H72NO7P. The second-order valence-corrected chi connectivity index (χ2v) is 13.9. The topological polar surface area (TPSA) is 117 Å². The van der Waals surface area contributed by atoms with E-state index >= 15 is 0 Å². The highest BCUT2D eigenvalue weighted by Crippen LogP contribution is 2.43. The van der Waals surface area contributed by atoms with Gasteiger partial charge in [0.15, 0.2) is 0 Å². The van der Waals surface area contributed by atoms with E-state index < -0.39 is 13.9 Å². The van der Waals surface area contributed by atoms with E-state index in [0.717, 1.165) is 64.2 Å². The number of rotatable bonds is 36. The van der Waals surface area contributed by atoms with Crippen molar-refractivity contribution in [1.29, 1.82) is 0 Å². The molecule has 0 radical (unpaired) electrons. The van der Waals surface area contributed by atoms with Gasteiger partial charge in [-0.25, -0.2) is 4.57 Å². The molecule has 9 heteroatoms. The first-order chi connectivity index (χ1) is 23.4. The van der Waals surface area contributed by atoms with Crippen molar-refractivity contribution in [3.63, 3.8) is 0 Å². The van der Waals surface area contributed by atoms with E-state index in [-0.39, 0.29) is 32.3 Å². The molecule has 0 aromatic carbocycles. The van der Waals surface area contributed by atoms with Gasteiger partial charge in [-0.3, -0.25) is 13.8 Å². The number of hydrogen-bond acceptors (Lipinski definition) is 7. The van der Waals surface area contributed by atoms with Gasteiger partial charge in [0.2, 0.25) is 0 Å². The maximum Gasteiger partial charge on any atom is 0.472 e. The van der Waals surface area contributed by atoms with E-state index in [1.54, 1.807) is 0 Å². The number of unbranched alkanes of at least 4 members (excludes halogenated alkanes) is 15.